The molecule has 0 spiro atoms. The second kappa shape index (κ2) is 3.96. The van der Waals surface area contributed by atoms with E-state index in [0.717, 1.165) is 16.2 Å². The maximum absolute atomic E-state index is 9.31. The Morgan fingerprint density at radius 1 is 1.46 bits per heavy atom. The normalized spacial score (nSPS) is 10.8. The van der Waals surface area contributed by atoms with E-state index >= 15 is 0 Å². The molecule has 1 aromatic carbocycles. The second-order valence-corrected chi connectivity index (χ2v) is 3.45. The van der Waals surface area contributed by atoms with Gasteiger partial charge in [0.1, 0.15) is 5.75 Å². The van der Waals surface area contributed by atoms with Crippen LogP contribution in [0.2, 0.25) is 5.02 Å². The Morgan fingerprint density at radius 3 is 2.62 bits per heavy atom. The van der Waals surface area contributed by atoms with Crippen molar-refractivity contribution in [1.82, 2.24) is 5.06 Å². The van der Waals surface area contributed by atoms with Crippen LogP contribution >= 0.6 is 11.6 Å². The van der Waals surface area contributed by atoms with Crippen molar-refractivity contribution in [3.8, 4) is 5.75 Å². The molecule has 0 bridgehead atoms. The summed E-state index contributed by atoms with van der Waals surface area (Å²) in [6.45, 7) is 2.25. The minimum absolute atomic E-state index is 0.0455. The molecule has 0 aliphatic rings. The molecule has 0 saturated carbocycles. The molecule has 72 valence electrons. The average molecular weight is 202 g/mol. The lowest BCUT2D eigenvalue weighted by atomic mass is 10.1. The fourth-order valence-electron chi connectivity index (χ4n) is 1.12. The van der Waals surface area contributed by atoms with E-state index in [9.17, 15) is 5.11 Å². The Kier molecular flexibility index (Phi) is 3.14. The van der Waals surface area contributed by atoms with E-state index in [0.29, 0.717) is 11.6 Å². The summed E-state index contributed by atoms with van der Waals surface area (Å²) in [6, 6.07) is 3.24. The molecule has 0 heterocycles. The highest BCUT2D eigenvalue weighted by Crippen LogP contribution is 2.26. The first-order valence-electron chi connectivity index (χ1n) is 3.88. The van der Waals surface area contributed by atoms with Crippen molar-refractivity contribution < 1.29 is 10.3 Å². The highest BCUT2D eigenvalue weighted by molar-refractivity contribution is 6.32. The zero-order valence-electron chi connectivity index (χ0n) is 7.58. The van der Waals surface area contributed by atoms with Crippen molar-refractivity contribution in [3.05, 3.63) is 28.3 Å². The number of hydrogen-bond acceptors (Lipinski definition) is 3. The molecular weight excluding hydrogens is 190 g/mol. The molecule has 0 aromatic heterocycles. The van der Waals surface area contributed by atoms with Crippen molar-refractivity contribution in [2.45, 2.75) is 13.5 Å². The van der Waals surface area contributed by atoms with Crippen LogP contribution in [0.25, 0.3) is 0 Å². The highest BCUT2D eigenvalue weighted by atomic mass is 35.5. The van der Waals surface area contributed by atoms with Gasteiger partial charge < -0.3 is 10.3 Å². The summed E-state index contributed by atoms with van der Waals surface area (Å²) < 4.78 is 0. The molecule has 1 aromatic rings. The van der Waals surface area contributed by atoms with Gasteiger partial charge in [-0.1, -0.05) is 11.6 Å². The van der Waals surface area contributed by atoms with Gasteiger partial charge in [-0.05, 0) is 30.2 Å². The van der Waals surface area contributed by atoms with E-state index in [1.165, 1.54) is 0 Å². The van der Waals surface area contributed by atoms with Gasteiger partial charge in [0, 0.05) is 13.6 Å². The van der Waals surface area contributed by atoms with Gasteiger partial charge in [0.2, 0.25) is 0 Å². The average Bonchev–Trinajstić information content (AvgIpc) is 1.99. The van der Waals surface area contributed by atoms with E-state index in [1.54, 1.807) is 19.2 Å². The molecular formula is C9H12ClNO2. The third kappa shape index (κ3) is 2.59. The quantitative estimate of drug-likeness (QED) is 0.721. The van der Waals surface area contributed by atoms with E-state index in [1.807, 2.05) is 6.92 Å². The largest absolute Gasteiger partial charge is 0.506 e. The molecule has 1 rings (SSSR count). The number of halogens is 1. The predicted octanol–water partition coefficient (Wildman–Crippen LogP) is 2.18. The third-order valence-electron chi connectivity index (χ3n) is 1.80. The highest BCUT2D eigenvalue weighted by Gasteiger charge is 2.05. The number of nitrogens with zero attached hydrogens (tertiary/aromatic N) is 1. The van der Waals surface area contributed by atoms with Crippen LogP contribution in [-0.2, 0) is 6.54 Å². The van der Waals surface area contributed by atoms with Gasteiger partial charge in [0.15, 0.2) is 0 Å². The van der Waals surface area contributed by atoms with Crippen molar-refractivity contribution in [2.75, 3.05) is 7.05 Å². The van der Waals surface area contributed by atoms with Gasteiger partial charge >= 0.3 is 0 Å². The van der Waals surface area contributed by atoms with Crippen LogP contribution < -0.4 is 0 Å². The second-order valence-electron chi connectivity index (χ2n) is 3.05. The van der Waals surface area contributed by atoms with Crippen molar-refractivity contribution >= 4 is 11.6 Å². The minimum Gasteiger partial charge on any atom is -0.506 e. The SMILES string of the molecule is Cc1cc(Cl)c(O)cc1CN(C)O. The van der Waals surface area contributed by atoms with E-state index in [2.05, 4.69) is 0 Å². The van der Waals surface area contributed by atoms with Gasteiger partial charge in [-0.25, -0.2) is 0 Å². The number of hydroxylamine groups is 2. The summed E-state index contributed by atoms with van der Waals surface area (Å²) in [4.78, 5) is 0. The number of benzene rings is 1. The van der Waals surface area contributed by atoms with Crippen LogP contribution in [0.3, 0.4) is 0 Å². The summed E-state index contributed by atoms with van der Waals surface area (Å²) in [5.74, 6) is 0.0455. The van der Waals surface area contributed by atoms with Crippen LogP contribution in [0, 0.1) is 6.92 Å². The first-order chi connectivity index (χ1) is 6.00. The Bertz CT molecular complexity index is 313. The molecule has 13 heavy (non-hydrogen) atoms. The lowest BCUT2D eigenvalue weighted by Crippen LogP contribution is -2.12. The van der Waals surface area contributed by atoms with Crippen molar-refractivity contribution in [1.29, 1.82) is 0 Å². The Balaban J connectivity index is 3.01. The molecule has 4 heteroatoms. The molecule has 0 unspecified atom stereocenters. The topological polar surface area (TPSA) is 43.7 Å². The molecule has 0 radical (unpaired) electrons. The predicted molar refractivity (Wildman–Crippen MR) is 51.1 cm³/mol. The number of rotatable bonds is 2. The Morgan fingerprint density at radius 2 is 2.08 bits per heavy atom. The number of aromatic hydroxyl groups is 1. The van der Waals surface area contributed by atoms with Gasteiger partial charge in [-0.15, -0.1) is 0 Å². The molecule has 0 atom stereocenters. The molecule has 3 nitrogen and oxygen atoms in total. The molecule has 0 aliphatic carbocycles. The zero-order valence-corrected chi connectivity index (χ0v) is 8.34. The standard InChI is InChI=1S/C9H12ClNO2/c1-6-3-8(10)9(12)4-7(6)5-11(2)13/h3-4,12-13H,5H2,1-2H3. The summed E-state index contributed by atoms with van der Waals surface area (Å²) in [5, 5.41) is 19.7. The first kappa shape index (κ1) is 10.3. The van der Waals surface area contributed by atoms with Gasteiger partial charge in [0.25, 0.3) is 0 Å². The molecule has 0 amide bonds. The Hall–Kier alpha value is -0.770. The lowest BCUT2D eigenvalue weighted by molar-refractivity contribution is -0.0733. The first-order valence-corrected chi connectivity index (χ1v) is 4.26. The maximum Gasteiger partial charge on any atom is 0.134 e. The van der Waals surface area contributed by atoms with E-state index in [-0.39, 0.29) is 5.75 Å². The lowest BCUT2D eigenvalue weighted by Gasteiger charge is -2.11. The molecule has 2 N–H and O–H groups in total. The summed E-state index contributed by atoms with van der Waals surface area (Å²) in [6.07, 6.45) is 0. The fourth-order valence-corrected chi connectivity index (χ4v) is 1.34. The fraction of sp³-hybridized carbons (Fsp3) is 0.333. The van der Waals surface area contributed by atoms with Crippen LogP contribution in [-0.4, -0.2) is 22.4 Å². The van der Waals surface area contributed by atoms with Crippen LogP contribution in [0.5, 0.6) is 5.75 Å². The van der Waals surface area contributed by atoms with Gasteiger partial charge in [-0.2, -0.15) is 5.06 Å². The van der Waals surface area contributed by atoms with Crippen LogP contribution in [0.15, 0.2) is 12.1 Å². The summed E-state index contributed by atoms with van der Waals surface area (Å²) in [5.41, 5.74) is 1.80. The number of hydrogen-bond donors (Lipinski definition) is 2. The molecule has 0 fully saturated rings. The van der Waals surface area contributed by atoms with E-state index < -0.39 is 0 Å². The van der Waals surface area contributed by atoms with Crippen LogP contribution in [0.1, 0.15) is 11.1 Å². The molecule has 0 saturated heterocycles. The number of aryl methyl sites for hydroxylation is 1. The Labute approximate surface area is 82.1 Å². The van der Waals surface area contributed by atoms with Crippen LogP contribution in [0.4, 0.5) is 0 Å². The summed E-state index contributed by atoms with van der Waals surface area (Å²) in [7, 11) is 1.55. The number of phenols is 1. The monoisotopic (exact) mass is 201 g/mol. The third-order valence-corrected chi connectivity index (χ3v) is 2.11. The molecule has 0 aliphatic heterocycles. The maximum atomic E-state index is 9.31. The smallest absolute Gasteiger partial charge is 0.134 e. The van der Waals surface area contributed by atoms with Gasteiger partial charge in [0.05, 0.1) is 5.02 Å². The summed E-state index contributed by atoms with van der Waals surface area (Å²) >= 11 is 5.70. The van der Waals surface area contributed by atoms with Crippen molar-refractivity contribution in [3.63, 3.8) is 0 Å². The number of phenolic OH excluding ortho intramolecular Hbond substituents is 1. The van der Waals surface area contributed by atoms with Gasteiger partial charge in [-0.3, -0.25) is 0 Å². The van der Waals surface area contributed by atoms with Crippen molar-refractivity contribution in [2.24, 2.45) is 0 Å². The minimum atomic E-state index is 0.0455. The zero-order chi connectivity index (χ0) is 10.0. The van der Waals surface area contributed by atoms with E-state index in [4.69, 9.17) is 16.8 Å².